The van der Waals surface area contributed by atoms with E-state index in [1.807, 2.05) is 18.3 Å². The minimum atomic E-state index is -0.268. The second-order valence-electron chi connectivity index (χ2n) is 5.50. The van der Waals surface area contributed by atoms with E-state index in [-0.39, 0.29) is 18.1 Å². The Morgan fingerprint density at radius 2 is 2.35 bits per heavy atom. The average molecular weight is 275 g/mol. The standard InChI is InChI=1S/C15H21N3O2/c1-16-15(19)14-6-5-12-13(20-14)7-9-18(12)10-11-4-2-3-8-17-11/h2-4,8,12-14H,5-7,9-10H2,1H3,(H,16,19)/t12-,13-,14+/m1/s1. The molecule has 0 unspecified atom stereocenters. The maximum Gasteiger partial charge on any atom is 0.248 e. The third kappa shape index (κ3) is 2.69. The molecular formula is C15H21N3O2. The van der Waals surface area contributed by atoms with E-state index in [1.165, 1.54) is 0 Å². The van der Waals surface area contributed by atoms with Crippen LogP contribution < -0.4 is 5.32 Å². The van der Waals surface area contributed by atoms with Gasteiger partial charge in [-0.3, -0.25) is 14.7 Å². The topological polar surface area (TPSA) is 54.5 Å². The SMILES string of the molecule is CNC(=O)[C@@H]1CC[C@@H]2[C@@H](CCN2Cc2ccccn2)O1. The quantitative estimate of drug-likeness (QED) is 0.892. The molecule has 5 heteroatoms. The molecule has 0 aromatic carbocycles. The first-order valence-electron chi connectivity index (χ1n) is 7.29. The van der Waals surface area contributed by atoms with E-state index >= 15 is 0 Å². The normalized spacial score (nSPS) is 29.9. The lowest BCUT2D eigenvalue weighted by atomic mass is 9.98. The number of likely N-dealkylation sites (tertiary alicyclic amines) is 1. The molecule has 1 aromatic heterocycles. The molecule has 108 valence electrons. The molecule has 0 aliphatic carbocycles. The van der Waals surface area contributed by atoms with Gasteiger partial charge in [0.05, 0.1) is 11.8 Å². The van der Waals surface area contributed by atoms with Gasteiger partial charge in [-0.15, -0.1) is 0 Å². The predicted octanol–water partition coefficient (Wildman–Crippen LogP) is 0.949. The molecule has 1 amide bonds. The van der Waals surface area contributed by atoms with Gasteiger partial charge in [0.2, 0.25) is 5.91 Å². The van der Waals surface area contributed by atoms with Crippen molar-refractivity contribution >= 4 is 5.91 Å². The number of ether oxygens (including phenoxy) is 1. The van der Waals surface area contributed by atoms with E-state index in [0.29, 0.717) is 6.04 Å². The van der Waals surface area contributed by atoms with E-state index in [0.717, 1.165) is 38.0 Å². The first-order chi connectivity index (χ1) is 9.78. The number of likely N-dealkylation sites (N-methyl/N-ethyl adjacent to an activating group) is 1. The number of nitrogens with zero attached hydrogens (tertiary/aromatic N) is 2. The predicted molar refractivity (Wildman–Crippen MR) is 75.0 cm³/mol. The number of carbonyl (C=O) groups is 1. The van der Waals surface area contributed by atoms with Crippen LogP contribution in [0.15, 0.2) is 24.4 Å². The van der Waals surface area contributed by atoms with Gasteiger partial charge in [-0.05, 0) is 31.4 Å². The number of aromatic nitrogens is 1. The zero-order chi connectivity index (χ0) is 13.9. The molecule has 0 bridgehead atoms. The largest absolute Gasteiger partial charge is 0.363 e. The molecule has 2 saturated heterocycles. The van der Waals surface area contributed by atoms with Gasteiger partial charge in [0.1, 0.15) is 6.10 Å². The Kier molecular flexibility index (Phi) is 3.98. The zero-order valence-corrected chi connectivity index (χ0v) is 11.8. The summed E-state index contributed by atoms with van der Waals surface area (Å²) in [6, 6.07) is 6.45. The molecule has 2 aliphatic heterocycles. The Bertz CT molecular complexity index is 465. The molecular weight excluding hydrogens is 254 g/mol. The minimum absolute atomic E-state index is 0.00614. The lowest BCUT2D eigenvalue weighted by molar-refractivity contribution is -0.143. The van der Waals surface area contributed by atoms with E-state index in [4.69, 9.17) is 4.74 Å². The summed E-state index contributed by atoms with van der Waals surface area (Å²) in [5.41, 5.74) is 1.10. The van der Waals surface area contributed by atoms with Crippen molar-refractivity contribution in [1.82, 2.24) is 15.2 Å². The van der Waals surface area contributed by atoms with Crippen LogP contribution in [0.2, 0.25) is 0 Å². The number of hydrogen-bond acceptors (Lipinski definition) is 4. The molecule has 20 heavy (non-hydrogen) atoms. The number of fused-ring (bicyclic) bond motifs is 1. The summed E-state index contributed by atoms with van der Waals surface area (Å²) in [5.74, 6) is 0.00614. The summed E-state index contributed by atoms with van der Waals surface area (Å²) in [4.78, 5) is 18.5. The monoisotopic (exact) mass is 275 g/mol. The van der Waals surface area contributed by atoms with Gasteiger partial charge in [-0.25, -0.2) is 0 Å². The summed E-state index contributed by atoms with van der Waals surface area (Å²) < 4.78 is 5.96. The first kappa shape index (κ1) is 13.5. The van der Waals surface area contributed by atoms with Crippen molar-refractivity contribution in [2.45, 2.75) is 44.1 Å². The van der Waals surface area contributed by atoms with Crippen LogP contribution in [0.1, 0.15) is 25.0 Å². The number of amides is 1. The second kappa shape index (κ2) is 5.89. The molecule has 5 nitrogen and oxygen atoms in total. The van der Waals surface area contributed by atoms with Gasteiger partial charge in [-0.1, -0.05) is 6.07 Å². The van der Waals surface area contributed by atoms with Crippen LogP contribution >= 0.6 is 0 Å². The molecule has 3 atom stereocenters. The van der Waals surface area contributed by atoms with Crippen molar-refractivity contribution in [3.05, 3.63) is 30.1 Å². The second-order valence-corrected chi connectivity index (χ2v) is 5.50. The summed E-state index contributed by atoms with van der Waals surface area (Å²) in [6.45, 7) is 1.89. The van der Waals surface area contributed by atoms with Gasteiger partial charge >= 0.3 is 0 Å². The third-order valence-electron chi connectivity index (χ3n) is 4.29. The fourth-order valence-electron chi connectivity index (χ4n) is 3.26. The highest BCUT2D eigenvalue weighted by atomic mass is 16.5. The van der Waals surface area contributed by atoms with Crippen LogP contribution in [0.5, 0.6) is 0 Å². The zero-order valence-electron chi connectivity index (χ0n) is 11.8. The number of hydrogen-bond donors (Lipinski definition) is 1. The Balaban J connectivity index is 1.61. The van der Waals surface area contributed by atoms with E-state index in [2.05, 4.69) is 21.3 Å². The Morgan fingerprint density at radius 3 is 3.10 bits per heavy atom. The van der Waals surface area contributed by atoms with Crippen LogP contribution in [0.3, 0.4) is 0 Å². The Morgan fingerprint density at radius 1 is 1.45 bits per heavy atom. The highest BCUT2D eigenvalue weighted by Crippen LogP contribution is 2.32. The smallest absolute Gasteiger partial charge is 0.248 e. The molecule has 0 saturated carbocycles. The Labute approximate surface area is 119 Å². The van der Waals surface area contributed by atoms with Crippen LogP contribution in [0, 0.1) is 0 Å². The summed E-state index contributed by atoms with van der Waals surface area (Å²) in [7, 11) is 1.67. The van der Waals surface area contributed by atoms with Crippen LogP contribution in [0.4, 0.5) is 0 Å². The van der Waals surface area contributed by atoms with Gasteiger partial charge in [0.15, 0.2) is 0 Å². The number of pyridine rings is 1. The summed E-state index contributed by atoms with van der Waals surface area (Å²) in [5, 5.41) is 2.68. The van der Waals surface area contributed by atoms with Gasteiger partial charge in [0, 0.05) is 32.4 Å². The number of carbonyl (C=O) groups excluding carboxylic acids is 1. The minimum Gasteiger partial charge on any atom is -0.363 e. The van der Waals surface area contributed by atoms with Crippen LogP contribution in [-0.4, -0.2) is 47.6 Å². The van der Waals surface area contributed by atoms with Crippen molar-refractivity contribution in [1.29, 1.82) is 0 Å². The molecule has 1 N–H and O–H groups in total. The van der Waals surface area contributed by atoms with Crippen LogP contribution in [-0.2, 0) is 16.1 Å². The maximum absolute atomic E-state index is 11.7. The fourth-order valence-corrected chi connectivity index (χ4v) is 3.26. The molecule has 2 fully saturated rings. The van der Waals surface area contributed by atoms with E-state index in [9.17, 15) is 4.79 Å². The third-order valence-corrected chi connectivity index (χ3v) is 4.29. The fraction of sp³-hybridized carbons (Fsp3) is 0.600. The Hall–Kier alpha value is -1.46. The van der Waals surface area contributed by atoms with E-state index < -0.39 is 0 Å². The maximum atomic E-state index is 11.7. The van der Waals surface area contributed by atoms with Crippen molar-refractivity contribution in [3.63, 3.8) is 0 Å². The lowest BCUT2D eigenvalue weighted by Gasteiger charge is -2.35. The number of nitrogens with one attached hydrogen (secondary N) is 1. The molecule has 2 aliphatic rings. The van der Waals surface area contributed by atoms with Crippen LogP contribution in [0.25, 0.3) is 0 Å². The first-order valence-corrected chi connectivity index (χ1v) is 7.29. The lowest BCUT2D eigenvalue weighted by Crippen LogP contribution is -2.47. The van der Waals surface area contributed by atoms with Gasteiger partial charge < -0.3 is 10.1 Å². The molecule has 0 spiro atoms. The van der Waals surface area contributed by atoms with Crippen molar-refractivity contribution in [2.24, 2.45) is 0 Å². The summed E-state index contributed by atoms with van der Waals surface area (Å²) >= 11 is 0. The van der Waals surface area contributed by atoms with Crippen molar-refractivity contribution in [3.8, 4) is 0 Å². The highest BCUT2D eigenvalue weighted by Gasteiger charge is 2.41. The molecule has 1 aromatic rings. The molecule has 3 rings (SSSR count). The van der Waals surface area contributed by atoms with Gasteiger partial charge in [-0.2, -0.15) is 0 Å². The highest BCUT2D eigenvalue weighted by molar-refractivity contribution is 5.80. The van der Waals surface area contributed by atoms with Gasteiger partial charge in [0.25, 0.3) is 0 Å². The van der Waals surface area contributed by atoms with Crippen molar-refractivity contribution in [2.75, 3.05) is 13.6 Å². The average Bonchev–Trinajstić information content (AvgIpc) is 2.90. The van der Waals surface area contributed by atoms with E-state index in [1.54, 1.807) is 7.05 Å². The number of rotatable bonds is 3. The molecule has 0 radical (unpaired) electrons. The van der Waals surface area contributed by atoms with Crippen molar-refractivity contribution < 1.29 is 9.53 Å². The molecule has 3 heterocycles. The summed E-state index contributed by atoms with van der Waals surface area (Å²) in [6.07, 6.45) is 4.59.